The fraction of sp³-hybridized carbons (Fsp3) is 0.500. The predicted molar refractivity (Wildman–Crippen MR) is 67.7 cm³/mol. The van der Waals surface area contributed by atoms with E-state index < -0.39 is 5.54 Å². The van der Waals surface area contributed by atoms with Crippen LogP contribution in [0, 0.1) is 24.2 Å². The molecular weight excluding hydrogens is 212 g/mol. The monoisotopic (exact) mass is 230 g/mol. The number of ether oxygens (including phenoxy) is 1. The summed E-state index contributed by atoms with van der Waals surface area (Å²) in [6.07, 6.45) is 2.21. The number of hydrogen-bond acceptors (Lipinski definition) is 3. The molecule has 3 heteroatoms. The van der Waals surface area contributed by atoms with E-state index in [0.717, 1.165) is 24.1 Å². The average Bonchev–Trinajstić information content (AvgIpc) is 3.15. The Morgan fingerprint density at radius 2 is 2.18 bits per heavy atom. The van der Waals surface area contributed by atoms with Gasteiger partial charge in [-0.3, -0.25) is 0 Å². The summed E-state index contributed by atoms with van der Waals surface area (Å²) < 4.78 is 5.23. The zero-order chi connectivity index (χ0) is 12.3. The second-order valence-electron chi connectivity index (χ2n) is 4.73. The highest BCUT2D eigenvalue weighted by Gasteiger charge is 2.46. The van der Waals surface area contributed by atoms with Crippen molar-refractivity contribution in [3.63, 3.8) is 0 Å². The zero-order valence-electron chi connectivity index (χ0n) is 10.4. The fourth-order valence-corrected chi connectivity index (χ4v) is 2.16. The Bertz CT molecular complexity index is 434. The molecule has 1 atom stereocenters. The minimum absolute atomic E-state index is 0.409. The van der Waals surface area contributed by atoms with Crippen LogP contribution in [0.4, 0.5) is 5.69 Å². The molecule has 0 saturated heterocycles. The van der Waals surface area contributed by atoms with E-state index in [0.29, 0.717) is 12.5 Å². The van der Waals surface area contributed by atoms with Crippen molar-refractivity contribution in [2.45, 2.75) is 25.3 Å². The first-order valence-corrected chi connectivity index (χ1v) is 5.96. The molecule has 0 bridgehead atoms. The molecule has 0 aliphatic heterocycles. The summed E-state index contributed by atoms with van der Waals surface area (Å²) in [5.41, 5.74) is 1.61. The molecule has 0 amide bonds. The van der Waals surface area contributed by atoms with Gasteiger partial charge in [-0.25, -0.2) is 0 Å². The van der Waals surface area contributed by atoms with E-state index in [2.05, 4.69) is 11.4 Å². The van der Waals surface area contributed by atoms with E-state index in [1.807, 2.05) is 31.2 Å². The van der Waals surface area contributed by atoms with Crippen molar-refractivity contribution < 1.29 is 4.74 Å². The van der Waals surface area contributed by atoms with Gasteiger partial charge in [-0.1, -0.05) is 18.2 Å². The van der Waals surface area contributed by atoms with Gasteiger partial charge in [0.25, 0.3) is 0 Å². The first-order chi connectivity index (χ1) is 8.22. The van der Waals surface area contributed by atoms with E-state index in [4.69, 9.17) is 4.74 Å². The molecule has 1 aliphatic carbocycles. The fourth-order valence-electron chi connectivity index (χ4n) is 2.16. The highest BCUT2D eigenvalue weighted by Crippen LogP contribution is 2.41. The summed E-state index contributed by atoms with van der Waals surface area (Å²) in [6.45, 7) is 2.48. The highest BCUT2D eigenvalue weighted by atomic mass is 16.5. The lowest BCUT2D eigenvalue weighted by Crippen LogP contribution is -2.43. The number of para-hydroxylation sites is 1. The van der Waals surface area contributed by atoms with Crippen molar-refractivity contribution >= 4 is 5.69 Å². The molecule has 1 unspecified atom stereocenters. The lowest BCUT2D eigenvalue weighted by atomic mass is 9.95. The van der Waals surface area contributed by atoms with E-state index in [1.54, 1.807) is 7.11 Å². The van der Waals surface area contributed by atoms with Gasteiger partial charge < -0.3 is 10.1 Å². The van der Waals surface area contributed by atoms with Crippen molar-refractivity contribution in [2.24, 2.45) is 5.92 Å². The smallest absolute Gasteiger partial charge is 0.151 e. The summed E-state index contributed by atoms with van der Waals surface area (Å²) in [5, 5.41) is 12.9. The molecule has 0 radical (unpaired) electrons. The molecule has 0 spiro atoms. The maximum atomic E-state index is 9.48. The summed E-state index contributed by atoms with van der Waals surface area (Å²) in [5.74, 6) is 0.409. The van der Waals surface area contributed by atoms with Gasteiger partial charge in [0.15, 0.2) is 5.54 Å². The van der Waals surface area contributed by atoms with Crippen molar-refractivity contribution in [2.75, 3.05) is 19.0 Å². The van der Waals surface area contributed by atoms with Crippen molar-refractivity contribution in [1.29, 1.82) is 5.26 Å². The number of methoxy groups -OCH3 is 1. The number of nitrogens with one attached hydrogen (secondary N) is 1. The van der Waals surface area contributed by atoms with Gasteiger partial charge in [-0.15, -0.1) is 0 Å². The molecule has 3 nitrogen and oxygen atoms in total. The Hall–Kier alpha value is -1.53. The first kappa shape index (κ1) is 11.9. The number of anilines is 1. The third-order valence-corrected chi connectivity index (χ3v) is 3.35. The van der Waals surface area contributed by atoms with Gasteiger partial charge in [0.05, 0.1) is 12.7 Å². The normalized spacial score (nSPS) is 18.2. The summed E-state index contributed by atoms with van der Waals surface area (Å²) in [6, 6.07) is 10.5. The van der Waals surface area contributed by atoms with Crippen LogP contribution in [0.15, 0.2) is 24.3 Å². The zero-order valence-corrected chi connectivity index (χ0v) is 10.4. The summed E-state index contributed by atoms with van der Waals surface area (Å²) in [4.78, 5) is 0. The molecule has 90 valence electrons. The quantitative estimate of drug-likeness (QED) is 0.846. The van der Waals surface area contributed by atoms with Crippen LogP contribution in [0.3, 0.4) is 0 Å². The molecule has 1 saturated carbocycles. The van der Waals surface area contributed by atoms with Gasteiger partial charge in [0.2, 0.25) is 0 Å². The standard InChI is InChI=1S/C14H18N2O/c1-11-5-3-4-6-13(11)16-14(9-15,10-17-2)12-7-8-12/h3-6,12,16H,7-8,10H2,1-2H3. The number of nitriles is 1. The Morgan fingerprint density at radius 1 is 1.47 bits per heavy atom. The molecule has 1 aromatic rings. The molecule has 1 N–H and O–H groups in total. The second kappa shape index (κ2) is 4.77. The van der Waals surface area contributed by atoms with Gasteiger partial charge in [0.1, 0.15) is 0 Å². The van der Waals surface area contributed by atoms with Crippen LogP contribution < -0.4 is 5.32 Å². The van der Waals surface area contributed by atoms with Crippen LogP contribution in [-0.2, 0) is 4.74 Å². The Balaban J connectivity index is 2.24. The number of rotatable bonds is 5. The molecule has 0 heterocycles. The van der Waals surface area contributed by atoms with Crippen molar-refractivity contribution in [3.05, 3.63) is 29.8 Å². The minimum atomic E-state index is -0.569. The van der Waals surface area contributed by atoms with Gasteiger partial charge in [0, 0.05) is 12.8 Å². The third kappa shape index (κ3) is 2.42. The number of hydrogen-bond donors (Lipinski definition) is 1. The molecule has 1 aromatic carbocycles. The van der Waals surface area contributed by atoms with Crippen LogP contribution in [0.25, 0.3) is 0 Å². The lowest BCUT2D eigenvalue weighted by Gasteiger charge is -2.29. The molecule has 0 aromatic heterocycles. The largest absolute Gasteiger partial charge is 0.381 e. The predicted octanol–water partition coefficient (Wildman–Crippen LogP) is 2.73. The second-order valence-corrected chi connectivity index (χ2v) is 4.73. The number of nitrogens with zero attached hydrogens (tertiary/aromatic N) is 1. The molecular formula is C14H18N2O. The van der Waals surface area contributed by atoms with E-state index in [-0.39, 0.29) is 0 Å². The molecule has 1 fully saturated rings. The van der Waals surface area contributed by atoms with E-state index in [9.17, 15) is 5.26 Å². The van der Waals surface area contributed by atoms with Crippen molar-refractivity contribution in [3.8, 4) is 6.07 Å². The Morgan fingerprint density at radius 3 is 2.71 bits per heavy atom. The number of aryl methyl sites for hydroxylation is 1. The average molecular weight is 230 g/mol. The topological polar surface area (TPSA) is 45.0 Å². The van der Waals surface area contributed by atoms with Gasteiger partial charge in [-0.2, -0.15) is 5.26 Å². The molecule has 2 rings (SSSR count). The van der Waals surface area contributed by atoms with Crippen LogP contribution in [0.5, 0.6) is 0 Å². The summed E-state index contributed by atoms with van der Waals surface area (Å²) >= 11 is 0. The molecule has 17 heavy (non-hydrogen) atoms. The Labute approximate surface area is 102 Å². The van der Waals surface area contributed by atoms with E-state index in [1.165, 1.54) is 0 Å². The lowest BCUT2D eigenvalue weighted by molar-refractivity contribution is 0.155. The first-order valence-electron chi connectivity index (χ1n) is 5.96. The van der Waals surface area contributed by atoms with Gasteiger partial charge >= 0.3 is 0 Å². The van der Waals surface area contributed by atoms with Crippen molar-refractivity contribution in [1.82, 2.24) is 0 Å². The van der Waals surface area contributed by atoms with Crippen LogP contribution in [0.2, 0.25) is 0 Å². The Kier molecular flexibility index (Phi) is 3.35. The molecule has 1 aliphatic rings. The van der Waals surface area contributed by atoms with Crippen LogP contribution in [-0.4, -0.2) is 19.3 Å². The maximum absolute atomic E-state index is 9.48. The minimum Gasteiger partial charge on any atom is -0.381 e. The van der Waals surface area contributed by atoms with Crippen LogP contribution in [0.1, 0.15) is 18.4 Å². The number of benzene rings is 1. The van der Waals surface area contributed by atoms with E-state index >= 15 is 0 Å². The summed E-state index contributed by atoms with van der Waals surface area (Å²) in [7, 11) is 1.65. The highest BCUT2D eigenvalue weighted by molar-refractivity contribution is 5.54. The van der Waals surface area contributed by atoms with Gasteiger partial charge in [-0.05, 0) is 37.3 Å². The maximum Gasteiger partial charge on any atom is 0.151 e. The third-order valence-electron chi connectivity index (χ3n) is 3.35. The van der Waals surface area contributed by atoms with Crippen LogP contribution >= 0.6 is 0 Å². The SMILES string of the molecule is COCC(C#N)(Nc1ccccc1C)C1CC1.